The van der Waals surface area contributed by atoms with Crippen LogP contribution >= 0.6 is 0 Å². The summed E-state index contributed by atoms with van der Waals surface area (Å²) in [5.74, 6) is 0. The Hall–Kier alpha value is -0.780. The molecule has 0 radical (unpaired) electrons. The molecular formula is C15H24. The summed E-state index contributed by atoms with van der Waals surface area (Å²) in [5.41, 5.74) is 6.31. The van der Waals surface area contributed by atoms with Crippen LogP contribution in [0.3, 0.4) is 0 Å². The first-order chi connectivity index (χ1) is 7.09. The van der Waals surface area contributed by atoms with E-state index in [9.17, 15) is 0 Å². The maximum Gasteiger partial charge on any atom is -0.0134 e. The van der Waals surface area contributed by atoms with E-state index in [1.54, 1.807) is 16.7 Å². The average Bonchev–Trinajstić information content (AvgIpc) is 2.18. The Bertz CT molecular complexity index is 296. The summed E-state index contributed by atoms with van der Waals surface area (Å²) >= 11 is 0. The van der Waals surface area contributed by atoms with Crippen LogP contribution in [0.1, 0.15) is 59.8 Å². The molecule has 0 unspecified atom stereocenters. The van der Waals surface area contributed by atoms with Crippen molar-refractivity contribution in [3.8, 4) is 0 Å². The molecule has 0 aromatic rings. The van der Waals surface area contributed by atoms with Gasteiger partial charge in [-0.25, -0.2) is 0 Å². The van der Waals surface area contributed by atoms with Gasteiger partial charge in [-0.1, -0.05) is 34.4 Å². The minimum absolute atomic E-state index is 1.20. The lowest BCUT2D eigenvalue weighted by molar-refractivity contribution is 0.810. The summed E-state index contributed by atoms with van der Waals surface area (Å²) in [5, 5.41) is 0. The number of rotatable bonds is 3. The fraction of sp³-hybridized carbons (Fsp3) is 0.600. The van der Waals surface area contributed by atoms with Crippen molar-refractivity contribution in [2.75, 3.05) is 0 Å². The number of hydrogen-bond acceptors (Lipinski definition) is 0. The molecule has 0 N–H and O–H groups in total. The van der Waals surface area contributed by atoms with Crippen molar-refractivity contribution in [2.45, 2.75) is 59.8 Å². The molecule has 0 spiro atoms. The fourth-order valence-electron chi connectivity index (χ4n) is 1.99. The molecule has 0 fully saturated rings. The van der Waals surface area contributed by atoms with Crippen molar-refractivity contribution in [2.24, 2.45) is 0 Å². The highest BCUT2D eigenvalue weighted by Gasteiger charge is 2.06. The first kappa shape index (κ1) is 12.3. The van der Waals surface area contributed by atoms with Gasteiger partial charge in [0.25, 0.3) is 0 Å². The Morgan fingerprint density at radius 1 is 1.27 bits per heavy atom. The van der Waals surface area contributed by atoms with E-state index in [0.29, 0.717) is 0 Å². The lowest BCUT2D eigenvalue weighted by Gasteiger charge is -2.15. The van der Waals surface area contributed by atoms with Crippen LogP contribution in [-0.4, -0.2) is 0 Å². The van der Waals surface area contributed by atoms with Gasteiger partial charge in [0.15, 0.2) is 0 Å². The molecule has 0 heteroatoms. The molecule has 0 aliphatic heterocycles. The highest BCUT2D eigenvalue weighted by atomic mass is 14.1. The first-order valence-corrected chi connectivity index (χ1v) is 6.06. The highest BCUT2D eigenvalue weighted by Crippen LogP contribution is 2.26. The van der Waals surface area contributed by atoms with Crippen molar-refractivity contribution in [3.63, 3.8) is 0 Å². The molecule has 0 saturated carbocycles. The summed E-state index contributed by atoms with van der Waals surface area (Å²) in [4.78, 5) is 0. The zero-order chi connectivity index (χ0) is 11.3. The van der Waals surface area contributed by atoms with E-state index in [0.717, 1.165) is 0 Å². The van der Waals surface area contributed by atoms with Crippen LogP contribution in [0.5, 0.6) is 0 Å². The summed E-state index contributed by atoms with van der Waals surface area (Å²) in [6.45, 7) is 8.91. The van der Waals surface area contributed by atoms with E-state index in [1.165, 1.54) is 37.7 Å². The van der Waals surface area contributed by atoms with Gasteiger partial charge in [0, 0.05) is 0 Å². The Kier molecular flexibility index (Phi) is 4.87. The molecule has 0 nitrogen and oxygen atoms in total. The normalized spacial score (nSPS) is 19.6. The maximum absolute atomic E-state index is 2.39. The van der Waals surface area contributed by atoms with Gasteiger partial charge in [0.05, 0.1) is 0 Å². The van der Waals surface area contributed by atoms with Gasteiger partial charge >= 0.3 is 0 Å². The summed E-state index contributed by atoms with van der Waals surface area (Å²) in [7, 11) is 0. The van der Waals surface area contributed by atoms with Crippen LogP contribution in [0.2, 0.25) is 0 Å². The van der Waals surface area contributed by atoms with Gasteiger partial charge in [0.1, 0.15) is 0 Å². The van der Waals surface area contributed by atoms with Crippen LogP contribution in [-0.2, 0) is 0 Å². The van der Waals surface area contributed by atoms with Gasteiger partial charge in [-0.05, 0) is 59.8 Å². The predicted octanol–water partition coefficient (Wildman–Crippen LogP) is 5.18. The van der Waals surface area contributed by atoms with Crippen LogP contribution in [0.15, 0.2) is 34.4 Å². The van der Waals surface area contributed by atoms with Crippen molar-refractivity contribution < 1.29 is 0 Å². The van der Waals surface area contributed by atoms with Crippen LogP contribution in [0, 0.1) is 0 Å². The van der Waals surface area contributed by atoms with Crippen molar-refractivity contribution in [1.29, 1.82) is 0 Å². The minimum atomic E-state index is 1.20. The molecule has 84 valence electrons. The number of allylic oxidation sites excluding steroid dienone is 6. The lowest BCUT2D eigenvalue weighted by atomic mass is 9.91. The van der Waals surface area contributed by atoms with E-state index in [-0.39, 0.29) is 0 Å². The van der Waals surface area contributed by atoms with Crippen molar-refractivity contribution >= 4 is 0 Å². The molecule has 1 rings (SSSR count). The monoisotopic (exact) mass is 204 g/mol. The molecule has 0 aromatic carbocycles. The predicted molar refractivity (Wildman–Crippen MR) is 69.0 cm³/mol. The maximum atomic E-state index is 2.39. The van der Waals surface area contributed by atoms with E-state index >= 15 is 0 Å². The summed E-state index contributed by atoms with van der Waals surface area (Å²) in [6, 6.07) is 0. The molecule has 0 aromatic heterocycles. The van der Waals surface area contributed by atoms with Crippen molar-refractivity contribution in [1.82, 2.24) is 0 Å². The number of hydrogen-bond donors (Lipinski definition) is 0. The topological polar surface area (TPSA) is 0 Å². The van der Waals surface area contributed by atoms with Gasteiger partial charge in [-0.3, -0.25) is 0 Å². The minimum Gasteiger partial charge on any atom is -0.0856 e. The molecule has 0 bridgehead atoms. The van der Waals surface area contributed by atoms with E-state index in [2.05, 4.69) is 39.8 Å². The van der Waals surface area contributed by atoms with Gasteiger partial charge in [0.2, 0.25) is 0 Å². The second kappa shape index (κ2) is 5.95. The van der Waals surface area contributed by atoms with Gasteiger partial charge in [-0.15, -0.1) is 0 Å². The second-order valence-electron chi connectivity index (χ2n) is 4.96. The molecule has 1 aliphatic carbocycles. The molecule has 15 heavy (non-hydrogen) atoms. The molecular weight excluding hydrogens is 180 g/mol. The third-order valence-corrected chi connectivity index (χ3v) is 3.19. The molecule has 0 heterocycles. The van der Waals surface area contributed by atoms with Gasteiger partial charge in [-0.2, -0.15) is 0 Å². The second-order valence-corrected chi connectivity index (χ2v) is 4.96. The van der Waals surface area contributed by atoms with Gasteiger partial charge < -0.3 is 0 Å². The Balaban J connectivity index is 2.48. The highest BCUT2D eigenvalue weighted by molar-refractivity contribution is 5.22. The van der Waals surface area contributed by atoms with E-state index in [1.807, 2.05) is 0 Å². The fourth-order valence-corrected chi connectivity index (χ4v) is 1.99. The third-order valence-electron chi connectivity index (χ3n) is 3.19. The molecule has 0 saturated heterocycles. The standard InChI is InChI=1S/C15H24/c1-12(2)6-5-7-14(4)15-10-8-13(3)9-11-15/h6,8H,5,7,9-11H2,1-4H3. The Morgan fingerprint density at radius 2 is 2.00 bits per heavy atom. The molecule has 0 atom stereocenters. The molecule has 1 aliphatic rings. The summed E-state index contributed by atoms with van der Waals surface area (Å²) < 4.78 is 0. The van der Waals surface area contributed by atoms with E-state index in [4.69, 9.17) is 0 Å². The zero-order valence-electron chi connectivity index (χ0n) is 10.7. The molecule has 0 amide bonds. The lowest BCUT2D eigenvalue weighted by Crippen LogP contribution is -1.96. The van der Waals surface area contributed by atoms with Crippen LogP contribution in [0.25, 0.3) is 0 Å². The average molecular weight is 204 g/mol. The summed E-state index contributed by atoms with van der Waals surface area (Å²) in [6.07, 6.45) is 11.0. The smallest absolute Gasteiger partial charge is 0.0134 e. The largest absolute Gasteiger partial charge is 0.0856 e. The Labute approximate surface area is 94.8 Å². The Morgan fingerprint density at radius 3 is 2.53 bits per heavy atom. The third kappa shape index (κ3) is 4.51. The first-order valence-electron chi connectivity index (χ1n) is 6.06. The van der Waals surface area contributed by atoms with Crippen molar-refractivity contribution in [3.05, 3.63) is 34.4 Å². The quantitative estimate of drug-likeness (QED) is 0.556. The van der Waals surface area contributed by atoms with Crippen LogP contribution < -0.4 is 0 Å². The van der Waals surface area contributed by atoms with Crippen LogP contribution in [0.4, 0.5) is 0 Å². The van der Waals surface area contributed by atoms with E-state index < -0.39 is 0 Å². The SMILES string of the molecule is CC(C)=CCCC(C)=C1CC=C(C)CC1. The zero-order valence-corrected chi connectivity index (χ0v) is 10.7.